The van der Waals surface area contributed by atoms with Gasteiger partial charge in [0.1, 0.15) is 11.9 Å². The first-order valence-corrected chi connectivity index (χ1v) is 11.4. The first-order chi connectivity index (χ1) is 15.3. The molecule has 0 radical (unpaired) electrons. The Hall–Kier alpha value is -3.00. The molecule has 0 fully saturated rings. The highest BCUT2D eigenvalue weighted by atomic mass is 127. The van der Waals surface area contributed by atoms with Gasteiger partial charge in [-0.3, -0.25) is 9.78 Å². The van der Waals surface area contributed by atoms with Crippen LogP contribution in [0, 0.1) is 18.3 Å². The maximum absolute atomic E-state index is 12.6. The van der Waals surface area contributed by atoms with Crippen LogP contribution in [0.3, 0.4) is 0 Å². The Kier molecular flexibility index (Phi) is 7.80. The van der Waals surface area contributed by atoms with Crippen LogP contribution in [0.2, 0.25) is 5.02 Å². The fraction of sp³-hybridized carbons (Fsp3) is 0.130. The lowest BCUT2D eigenvalue weighted by Crippen LogP contribution is -2.19. The summed E-state index contributed by atoms with van der Waals surface area (Å²) in [6.07, 6.45) is 6.39. The first kappa shape index (κ1) is 23.7. The molecule has 7 nitrogen and oxygen atoms in total. The molecule has 0 saturated heterocycles. The van der Waals surface area contributed by atoms with Gasteiger partial charge in [-0.1, -0.05) is 40.3 Å². The number of hydrogen-bond acceptors (Lipinski definition) is 6. The number of nitrogens with zero attached hydrogens (tertiary/aromatic N) is 4. The van der Waals surface area contributed by atoms with Gasteiger partial charge in [0.15, 0.2) is 0 Å². The number of alkyl halides is 1. The van der Waals surface area contributed by atoms with Crippen LogP contribution in [-0.2, 0) is 0 Å². The molecular formula is C23H20ClIN6O. The Bertz CT molecular complexity index is 1220. The van der Waals surface area contributed by atoms with Gasteiger partial charge in [0.25, 0.3) is 5.91 Å². The van der Waals surface area contributed by atoms with Gasteiger partial charge in [0.05, 0.1) is 11.1 Å². The number of hydrogen-bond donors (Lipinski definition) is 2. The van der Waals surface area contributed by atoms with E-state index in [-0.39, 0.29) is 5.91 Å². The van der Waals surface area contributed by atoms with E-state index in [2.05, 4.69) is 37.9 Å². The van der Waals surface area contributed by atoms with Crippen molar-refractivity contribution in [3.05, 3.63) is 82.4 Å². The van der Waals surface area contributed by atoms with Crippen LogP contribution in [0.1, 0.15) is 27.0 Å². The SMILES string of the molecule is Cc1c(C#N)cncc1C(=O)Nc1ccc(-c2cc(/C(=C/N(C)N)CI)ccc2Cl)cn1. The van der Waals surface area contributed by atoms with Crippen molar-refractivity contribution in [1.82, 2.24) is 15.0 Å². The average molecular weight is 559 g/mol. The fourth-order valence-electron chi connectivity index (χ4n) is 3.06. The van der Waals surface area contributed by atoms with E-state index in [1.807, 2.05) is 36.5 Å². The van der Waals surface area contributed by atoms with Crippen LogP contribution in [0.15, 0.2) is 55.1 Å². The van der Waals surface area contributed by atoms with Crippen molar-refractivity contribution in [3.8, 4) is 17.2 Å². The fourth-order valence-corrected chi connectivity index (χ4v) is 3.92. The van der Waals surface area contributed by atoms with Crippen molar-refractivity contribution in [3.63, 3.8) is 0 Å². The minimum atomic E-state index is -0.380. The van der Waals surface area contributed by atoms with Gasteiger partial charge in [-0.05, 0) is 47.9 Å². The first-order valence-electron chi connectivity index (χ1n) is 9.50. The second-order valence-corrected chi connectivity index (χ2v) is 8.18. The molecule has 0 aliphatic heterocycles. The largest absolute Gasteiger partial charge is 0.321 e. The molecular weight excluding hydrogens is 539 g/mol. The third kappa shape index (κ3) is 5.43. The van der Waals surface area contributed by atoms with Gasteiger partial charge in [-0.15, -0.1) is 0 Å². The highest BCUT2D eigenvalue weighted by molar-refractivity contribution is 14.1. The molecule has 3 rings (SSSR count). The van der Waals surface area contributed by atoms with Crippen molar-refractivity contribution < 1.29 is 4.79 Å². The molecule has 162 valence electrons. The number of halogens is 2. The van der Waals surface area contributed by atoms with E-state index in [1.54, 1.807) is 26.2 Å². The molecule has 3 aromatic rings. The van der Waals surface area contributed by atoms with Crippen molar-refractivity contribution in [2.24, 2.45) is 5.84 Å². The summed E-state index contributed by atoms with van der Waals surface area (Å²) in [6, 6.07) is 11.4. The number of amides is 1. The second kappa shape index (κ2) is 10.5. The Morgan fingerprint density at radius 3 is 2.72 bits per heavy atom. The van der Waals surface area contributed by atoms with Crippen LogP contribution in [-0.4, -0.2) is 32.4 Å². The minimum Gasteiger partial charge on any atom is -0.321 e. The predicted octanol–water partition coefficient (Wildman–Crippen LogP) is 4.81. The van der Waals surface area contributed by atoms with Gasteiger partial charge in [-0.2, -0.15) is 5.26 Å². The van der Waals surface area contributed by atoms with Gasteiger partial charge in [0, 0.05) is 52.4 Å². The molecule has 0 spiro atoms. The Balaban J connectivity index is 1.86. The van der Waals surface area contributed by atoms with Crippen LogP contribution in [0.4, 0.5) is 5.82 Å². The summed E-state index contributed by atoms with van der Waals surface area (Å²) in [5.41, 5.74) is 4.97. The number of pyridine rings is 2. The molecule has 32 heavy (non-hydrogen) atoms. The van der Waals surface area contributed by atoms with Gasteiger partial charge in [-0.25, -0.2) is 10.8 Å². The lowest BCUT2D eigenvalue weighted by atomic mass is 10.0. The molecule has 9 heteroatoms. The van der Waals surface area contributed by atoms with Gasteiger partial charge < -0.3 is 10.3 Å². The predicted molar refractivity (Wildman–Crippen MR) is 135 cm³/mol. The maximum Gasteiger partial charge on any atom is 0.258 e. The zero-order chi connectivity index (χ0) is 23.3. The highest BCUT2D eigenvalue weighted by Crippen LogP contribution is 2.31. The molecule has 0 saturated carbocycles. The standard InChI is InChI=1S/C23H20ClIN6O/c1-14-18(9-26)10-28-12-20(14)23(32)30-22-6-4-16(11-29-22)19-7-15(3-5-21(19)24)17(8-25)13-31(2)27/h3-7,10-13H,8,27H2,1-2H3,(H,29,30,32)/b17-13+. The van der Waals surface area contributed by atoms with Crippen LogP contribution < -0.4 is 11.2 Å². The quantitative estimate of drug-likeness (QED) is 0.195. The Labute approximate surface area is 205 Å². The molecule has 3 N–H and O–H groups in total. The van der Waals surface area contributed by atoms with E-state index >= 15 is 0 Å². The van der Waals surface area contributed by atoms with Crippen LogP contribution >= 0.6 is 34.2 Å². The molecule has 2 heterocycles. The summed E-state index contributed by atoms with van der Waals surface area (Å²) < 4.78 is 0.783. The summed E-state index contributed by atoms with van der Waals surface area (Å²) in [6.45, 7) is 1.71. The molecule has 0 aliphatic rings. The number of nitrogens with two attached hydrogens (primary N) is 1. The second-order valence-electron chi connectivity index (χ2n) is 7.01. The topological polar surface area (TPSA) is 108 Å². The van der Waals surface area contributed by atoms with Crippen LogP contribution in [0.25, 0.3) is 16.7 Å². The van der Waals surface area contributed by atoms with E-state index in [4.69, 9.17) is 22.7 Å². The third-order valence-electron chi connectivity index (χ3n) is 4.74. The molecule has 0 aliphatic carbocycles. The zero-order valence-corrected chi connectivity index (χ0v) is 20.3. The number of nitriles is 1. The Morgan fingerprint density at radius 2 is 2.09 bits per heavy atom. The molecule has 0 bridgehead atoms. The number of carbonyl (C=O) groups excluding carboxylic acids is 1. The van der Waals surface area contributed by atoms with Crippen molar-refractivity contribution in [2.45, 2.75) is 6.92 Å². The number of carbonyl (C=O) groups is 1. The van der Waals surface area contributed by atoms with E-state index in [9.17, 15) is 4.79 Å². The van der Waals surface area contributed by atoms with Crippen molar-refractivity contribution >= 4 is 51.5 Å². The summed E-state index contributed by atoms with van der Waals surface area (Å²) in [5.74, 6) is 5.77. The number of benzene rings is 1. The summed E-state index contributed by atoms with van der Waals surface area (Å²) in [5, 5.41) is 14.0. The smallest absolute Gasteiger partial charge is 0.258 e. The van der Waals surface area contributed by atoms with Gasteiger partial charge in [0.2, 0.25) is 0 Å². The molecule has 2 aromatic heterocycles. The third-order valence-corrected chi connectivity index (χ3v) is 5.89. The lowest BCUT2D eigenvalue weighted by molar-refractivity contribution is 0.102. The molecule has 0 atom stereocenters. The number of anilines is 1. The number of nitrogens with one attached hydrogen (secondary N) is 1. The van der Waals surface area contributed by atoms with E-state index < -0.39 is 0 Å². The summed E-state index contributed by atoms with van der Waals surface area (Å²) in [4.78, 5) is 20.9. The lowest BCUT2D eigenvalue weighted by Gasteiger charge is -2.13. The summed E-state index contributed by atoms with van der Waals surface area (Å²) in [7, 11) is 1.77. The highest BCUT2D eigenvalue weighted by Gasteiger charge is 2.14. The normalized spacial score (nSPS) is 11.1. The molecule has 0 unspecified atom stereocenters. The molecule has 1 amide bonds. The number of hydrazine groups is 1. The van der Waals surface area contributed by atoms with E-state index in [0.717, 1.165) is 26.7 Å². The van der Waals surface area contributed by atoms with Crippen molar-refractivity contribution in [2.75, 3.05) is 16.8 Å². The van der Waals surface area contributed by atoms with Gasteiger partial charge >= 0.3 is 0 Å². The number of allylic oxidation sites excluding steroid dienone is 1. The average Bonchev–Trinajstić information content (AvgIpc) is 2.78. The molecule has 1 aromatic carbocycles. The monoisotopic (exact) mass is 558 g/mol. The zero-order valence-electron chi connectivity index (χ0n) is 17.4. The number of rotatable bonds is 6. The van der Waals surface area contributed by atoms with E-state index in [1.165, 1.54) is 17.4 Å². The van der Waals surface area contributed by atoms with Crippen LogP contribution in [0.5, 0.6) is 0 Å². The number of aromatic nitrogens is 2. The summed E-state index contributed by atoms with van der Waals surface area (Å²) >= 11 is 8.74. The maximum atomic E-state index is 12.6. The van der Waals surface area contributed by atoms with E-state index in [0.29, 0.717) is 27.5 Å². The Morgan fingerprint density at radius 1 is 1.31 bits per heavy atom. The van der Waals surface area contributed by atoms with Crippen molar-refractivity contribution in [1.29, 1.82) is 5.26 Å². The minimum absolute atomic E-state index is 0.327.